The lowest BCUT2D eigenvalue weighted by Crippen LogP contribution is -2.20. The van der Waals surface area contributed by atoms with Crippen molar-refractivity contribution in [3.05, 3.63) is 60.3 Å². The molecule has 0 aromatic rings. The van der Waals surface area contributed by atoms with Gasteiger partial charge in [-0.05, 0) is 0 Å². The fourth-order valence-corrected chi connectivity index (χ4v) is 3.49. The van der Waals surface area contributed by atoms with E-state index in [-0.39, 0.29) is 0 Å². The van der Waals surface area contributed by atoms with E-state index in [0.29, 0.717) is 17.3 Å². The molecule has 4 aliphatic rings. The number of hydrogen-bond acceptors (Lipinski definition) is 0. The minimum Gasteiger partial charge on any atom is -0.0793 e. The van der Waals surface area contributed by atoms with E-state index in [2.05, 4.69) is 54.7 Å². The first-order chi connectivity index (χ1) is 6.93. The van der Waals surface area contributed by atoms with E-state index in [1.807, 2.05) is 0 Å². The van der Waals surface area contributed by atoms with E-state index < -0.39 is 0 Å². The quantitative estimate of drug-likeness (QED) is 0.503. The predicted octanol–water partition coefficient (Wildman–Crippen LogP) is 3.03. The van der Waals surface area contributed by atoms with Crippen LogP contribution in [-0.4, -0.2) is 0 Å². The van der Waals surface area contributed by atoms with Crippen LogP contribution in [0.15, 0.2) is 60.3 Å². The van der Waals surface area contributed by atoms with Gasteiger partial charge in [0.15, 0.2) is 0 Å². The van der Waals surface area contributed by atoms with Crippen LogP contribution in [0, 0.1) is 23.2 Å². The normalized spacial score (nSPS) is 49.7. The van der Waals surface area contributed by atoms with Crippen LogP contribution in [0.2, 0.25) is 0 Å². The molecule has 1 spiro atoms. The van der Waals surface area contributed by atoms with Crippen molar-refractivity contribution in [3.8, 4) is 0 Å². The molecule has 1 fully saturated rings. The van der Waals surface area contributed by atoms with E-state index in [1.165, 1.54) is 0 Å². The Hall–Kier alpha value is -1.30. The monoisotopic (exact) mass is 180 g/mol. The average Bonchev–Trinajstić information content (AvgIpc) is 2.79. The molecule has 4 rings (SSSR count). The standard InChI is InChI=1S/C14H12/c1-2-6-11-10(5-1)9-13-12-7-3-4-8-14(11,12)13/h1-12H. The molecule has 4 unspecified atom stereocenters. The maximum atomic E-state index is 2.48. The van der Waals surface area contributed by atoms with Gasteiger partial charge in [0.1, 0.15) is 0 Å². The van der Waals surface area contributed by atoms with Gasteiger partial charge in [-0.15, -0.1) is 0 Å². The van der Waals surface area contributed by atoms with Gasteiger partial charge in [0.25, 0.3) is 0 Å². The summed E-state index contributed by atoms with van der Waals surface area (Å²) in [5.74, 6) is 2.10. The van der Waals surface area contributed by atoms with Crippen LogP contribution in [0.4, 0.5) is 0 Å². The van der Waals surface area contributed by atoms with Crippen LogP contribution in [0.3, 0.4) is 0 Å². The summed E-state index contributed by atoms with van der Waals surface area (Å²) in [5.41, 5.74) is 2.06. The summed E-state index contributed by atoms with van der Waals surface area (Å²) in [6, 6.07) is 0. The van der Waals surface area contributed by atoms with Crippen molar-refractivity contribution in [2.45, 2.75) is 0 Å². The van der Waals surface area contributed by atoms with Gasteiger partial charge < -0.3 is 0 Å². The molecule has 0 bridgehead atoms. The van der Waals surface area contributed by atoms with Crippen molar-refractivity contribution in [2.24, 2.45) is 23.2 Å². The zero-order valence-corrected chi connectivity index (χ0v) is 7.93. The molecule has 4 atom stereocenters. The Labute approximate surface area is 84.0 Å². The van der Waals surface area contributed by atoms with Gasteiger partial charge in [0.2, 0.25) is 0 Å². The third-order valence-electron chi connectivity index (χ3n) is 4.15. The molecule has 0 amide bonds. The first-order valence-electron chi connectivity index (χ1n) is 5.36. The molecule has 0 aromatic heterocycles. The van der Waals surface area contributed by atoms with E-state index in [0.717, 1.165) is 5.92 Å². The number of fused-ring (bicyclic) bond motifs is 2. The van der Waals surface area contributed by atoms with Gasteiger partial charge >= 0.3 is 0 Å². The summed E-state index contributed by atoms with van der Waals surface area (Å²) in [7, 11) is 0. The summed E-state index contributed by atoms with van der Waals surface area (Å²) in [6.07, 6.45) is 20.8. The Morgan fingerprint density at radius 3 is 2.79 bits per heavy atom. The van der Waals surface area contributed by atoms with Crippen LogP contribution in [0.25, 0.3) is 0 Å². The van der Waals surface area contributed by atoms with Crippen LogP contribution >= 0.6 is 0 Å². The van der Waals surface area contributed by atoms with Gasteiger partial charge in [0, 0.05) is 23.2 Å². The summed E-state index contributed by atoms with van der Waals surface area (Å²) in [4.78, 5) is 0. The Morgan fingerprint density at radius 1 is 0.929 bits per heavy atom. The second-order valence-electron chi connectivity index (χ2n) is 4.65. The highest BCUT2D eigenvalue weighted by atomic mass is 14.7. The zero-order chi connectivity index (χ0) is 9.17. The Bertz CT molecular complexity index is 439. The van der Waals surface area contributed by atoms with Crippen molar-refractivity contribution >= 4 is 0 Å². The lowest BCUT2D eigenvalue weighted by atomic mass is 9.77. The van der Waals surface area contributed by atoms with Gasteiger partial charge in [-0.25, -0.2) is 0 Å². The first kappa shape index (κ1) is 7.05. The molecule has 4 aliphatic carbocycles. The molecular weight excluding hydrogens is 168 g/mol. The van der Waals surface area contributed by atoms with Crippen molar-refractivity contribution in [3.63, 3.8) is 0 Å². The van der Waals surface area contributed by atoms with Gasteiger partial charge in [-0.2, -0.15) is 0 Å². The van der Waals surface area contributed by atoms with Crippen molar-refractivity contribution in [1.82, 2.24) is 0 Å². The SMILES string of the molecule is C1=CC2C=C3C4C=CC=CC34C2C=C1. The third-order valence-corrected chi connectivity index (χ3v) is 4.15. The molecule has 0 heterocycles. The number of hydrogen-bond donors (Lipinski definition) is 0. The molecule has 0 saturated heterocycles. The molecular formula is C14H12. The Morgan fingerprint density at radius 2 is 1.79 bits per heavy atom. The van der Waals surface area contributed by atoms with Gasteiger partial charge in [0.05, 0.1) is 0 Å². The highest BCUT2D eigenvalue weighted by Crippen LogP contribution is 2.72. The van der Waals surface area contributed by atoms with Gasteiger partial charge in [-0.3, -0.25) is 0 Å². The first-order valence-corrected chi connectivity index (χ1v) is 5.36. The largest absolute Gasteiger partial charge is 0.0793 e. The Balaban J connectivity index is 1.89. The highest BCUT2D eigenvalue weighted by molar-refractivity contribution is 5.58. The van der Waals surface area contributed by atoms with Crippen molar-refractivity contribution in [2.75, 3.05) is 0 Å². The topological polar surface area (TPSA) is 0 Å². The van der Waals surface area contributed by atoms with E-state index in [1.54, 1.807) is 5.57 Å². The van der Waals surface area contributed by atoms with Crippen LogP contribution < -0.4 is 0 Å². The molecule has 14 heavy (non-hydrogen) atoms. The van der Waals surface area contributed by atoms with Crippen molar-refractivity contribution in [1.29, 1.82) is 0 Å². The molecule has 68 valence electrons. The lowest BCUT2D eigenvalue weighted by molar-refractivity contribution is 0.407. The Kier molecular flexibility index (Phi) is 1.02. The highest BCUT2D eigenvalue weighted by Gasteiger charge is 2.65. The number of rotatable bonds is 0. The lowest BCUT2D eigenvalue weighted by Gasteiger charge is -2.26. The van der Waals surface area contributed by atoms with Crippen molar-refractivity contribution < 1.29 is 0 Å². The molecule has 0 heteroatoms. The fraction of sp³-hybridized carbons (Fsp3) is 0.286. The molecule has 0 aliphatic heterocycles. The number of allylic oxidation sites excluding steroid dienone is 10. The average molecular weight is 180 g/mol. The molecule has 0 radical (unpaired) electrons. The van der Waals surface area contributed by atoms with Gasteiger partial charge in [-0.1, -0.05) is 60.3 Å². The molecule has 0 nitrogen and oxygen atoms in total. The second-order valence-corrected chi connectivity index (χ2v) is 4.65. The molecule has 0 N–H and O–H groups in total. The predicted molar refractivity (Wildman–Crippen MR) is 57.5 cm³/mol. The smallest absolute Gasteiger partial charge is 0.0272 e. The third kappa shape index (κ3) is 0.579. The van der Waals surface area contributed by atoms with Crippen LogP contribution in [0.5, 0.6) is 0 Å². The summed E-state index contributed by atoms with van der Waals surface area (Å²) >= 11 is 0. The maximum absolute atomic E-state index is 2.48. The summed E-state index contributed by atoms with van der Waals surface area (Å²) < 4.78 is 0. The zero-order valence-electron chi connectivity index (χ0n) is 7.93. The minimum absolute atomic E-state index is 0.403. The van der Waals surface area contributed by atoms with Crippen LogP contribution in [0.1, 0.15) is 0 Å². The fourth-order valence-electron chi connectivity index (χ4n) is 3.49. The second kappa shape index (κ2) is 2.03. The summed E-state index contributed by atoms with van der Waals surface area (Å²) in [5, 5.41) is 0. The summed E-state index contributed by atoms with van der Waals surface area (Å²) in [6.45, 7) is 0. The molecule has 0 aromatic carbocycles. The minimum atomic E-state index is 0.403. The van der Waals surface area contributed by atoms with E-state index in [9.17, 15) is 0 Å². The maximum Gasteiger partial charge on any atom is 0.0272 e. The van der Waals surface area contributed by atoms with Crippen LogP contribution in [-0.2, 0) is 0 Å². The van der Waals surface area contributed by atoms with E-state index >= 15 is 0 Å². The van der Waals surface area contributed by atoms with E-state index in [4.69, 9.17) is 0 Å². The molecule has 1 saturated carbocycles.